The summed E-state index contributed by atoms with van der Waals surface area (Å²) in [5.41, 5.74) is 5.66. The first-order valence-electron chi connectivity index (χ1n) is 11.4. The van der Waals surface area contributed by atoms with Gasteiger partial charge in [-0.05, 0) is 47.7 Å². The number of urea groups is 1. The van der Waals surface area contributed by atoms with Crippen molar-refractivity contribution in [3.05, 3.63) is 95.2 Å². The lowest BCUT2D eigenvalue weighted by atomic mass is 9.92. The van der Waals surface area contributed by atoms with Gasteiger partial charge >= 0.3 is 6.03 Å². The average molecular weight is 440 g/mol. The lowest BCUT2D eigenvalue weighted by molar-refractivity contribution is 0.173. The number of amides is 2. The summed E-state index contributed by atoms with van der Waals surface area (Å²) in [6.07, 6.45) is 1.61. The molecule has 166 valence electrons. The Kier molecular flexibility index (Phi) is 4.91. The van der Waals surface area contributed by atoms with Crippen molar-refractivity contribution in [1.29, 1.82) is 0 Å². The zero-order valence-electron chi connectivity index (χ0n) is 18.2. The Morgan fingerprint density at radius 3 is 2.73 bits per heavy atom. The molecule has 2 aliphatic heterocycles. The number of aromatic nitrogens is 1. The molecular formula is C27H25N3O3. The molecule has 0 radical (unpaired) electrons. The lowest BCUT2D eigenvalue weighted by Crippen LogP contribution is -2.46. The number of fused-ring (bicyclic) bond motifs is 4. The van der Waals surface area contributed by atoms with E-state index in [1.54, 1.807) is 0 Å². The third-order valence-electron chi connectivity index (χ3n) is 6.54. The first-order valence-corrected chi connectivity index (χ1v) is 11.4. The second-order valence-corrected chi connectivity index (χ2v) is 8.49. The number of ether oxygens (including phenoxy) is 2. The van der Waals surface area contributed by atoms with Gasteiger partial charge < -0.3 is 24.7 Å². The van der Waals surface area contributed by atoms with Gasteiger partial charge in [0.15, 0.2) is 11.5 Å². The van der Waals surface area contributed by atoms with E-state index in [2.05, 4.69) is 40.6 Å². The Morgan fingerprint density at radius 1 is 1.00 bits per heavy atom. The molecule has 0 unspecified atom stereocenters. The smallest absolute Gasteiger partial charge is 0.318 e. The van der Waals surface area contributed by atoms with Crippen LogP contribution in [0, 0.1) is 0 Å². The van der Waals surface area contributed by atoms with Crippen LogP contribution in [0.4, 0.5) is 4.79 Å². The molecule has 1 aromatic heterocycles. The molecule has 33 heavy (non-hydrogen) atoms. The minimum absolute atomic E-state index is 0.0575. The lowest BCUT2D eigenvalue weighted by Gasteiger charge is -2.36. The first-order chi connectivity index (χ1) is 16.3. The molecule has 2 N–H and O–H groups in total. The van der Waals surface area contributed by atoms with Gasteiger partial charge in [-0.15, -0.1) is 0 Å². The van der Waals surface area contributed by atoms with E-state index in [-0.39, 0.29) is 18.9 Å². The third kappa shape index (κ3) is 3.57. The minimum Gasteiger partial charge on any atom is -0.454 e. The molecule has 6 heteroatoms. The van der Waals surface area contributed by atoms with E-state index in [1.165, 1.54) is 16.5 Å². The maximum atomic E-state index is 13.4. The van der Waals surface area contributed by atoms with Crippen LogP contribution in [0.1, 0.15) is 28.4 Å². The molecule has 2 aliphatic rings. The summed E-state index contributed by atoms with van der Waals surface area (Å²) in [7, 11) is 0. The summed E-state index contributed by atoms with van der Waals surface area (Å²) in [6.45, 7) is 1.46. The number of rotatable bonds is 4. The van der Waals surface area contributed by atoms with Gasteiger partial charge in [-0.2, -0.15) is 0 Å². The van der Waals surface area contributed by atoms with Gasteiger partial charge in [0.05, 0.1) is 6.04 Å². The molecule has 0 saturated heterocycles. The highest BCUT2D eigenvalue weighted by molar-refractivity contribution is 5.86. The van der Waals surface area contributed by atoms with E-state index in [0.717, 1.165) is 41.1 Å². The number of nitrogens with zero attached hydrogens (tertiary/aromatic N) is 1. The largest absolute Gasteiger partial charge is 0.454 e. The summed E-state index contributed by atoms with van der Waals surface area (Å²) >= 11 is 0. The Bertz CT molecular complexity index is 1310. The third-order valence-corrected chi connectivity index (χ3v) is 6.54. The van der Waals surface area contributed by atoms with Crippen LogP contribution in [0.15, 0.2) is 72.8 Å². The number of hydrogen-bond donors (Lipinski definition) is 2. The van der Waals surface area contributed by atoms with Gasteiger partial charge in [0.25, 0.3) is 0 Å². The summed E-state index contributed by atoms with van der Waals surface area (Å²) in [6, 6.07) is 24.2. The van der Waals surface area contributed by atoms with Gasteiger partial charge in [-0.3, -0.25) is 0 Å². The van der Waals surface area contributed by atoms with Crippen LogP contribution in [0.5, 0.6) is 11.5 Å². The molecule has 2 amide bonds. The highest BCUT2D eigenvalue weighted by Gasteiger charge is 2.35. The Balaban J connectivity index is 1.33. The highest BCUT2D eigenvalue weighted by Crippen LogP contribution is 2.41. The summed E-state index contributed by atoms with van der Waals surface area (Å²) in [5.74, 6) is 1.46. The van der Waals surface area contributed by atoms with E-state index in [1.807, 2.05) is 47.4 Å². The minimum atomic E-state index is -0.229. The number of benzene rings is 3. The fraction of sp³-hybridized carbons (Fsp3) is 0.222. The van der Waals surface area contributed by atoms with Crippen molar-refractivity contribution in [1.82, 2.24) is 15.2 Å². The van der Waals surface area contributed by atoms with Crippen LogP contribution in [0.3, 0.4) is 0 Å². The zero-order chi connectivity index (χ0) is 22.2. The maximum Gasteiger partial charge on any atom is 0.318 e. The van der Waals surface area contributed by atoms with Crippen LogP contribution in [-0.4, -0.2) is 35.8 Å². The number of hydrogen-bond acceptors (Lipinski definition) is 3. The van der Waals surface area contributed by atoms with Gasteiger partial charge in [0.1, 0.15) is 0 Å². The molecule has 0 bridgehead atoms. The molecule has 0 saturated carbocycles. The van der Waals surface area contributed by atoms with E-state index < -0.39 is 0 Å². The molecule has 0 aliphatic carbocycles. The molecule has 3 aromatic carbocycles. The fourth-order valence-electron chi connectivity index (χ4n) is 4.95. The normalized spacial score (nSPS) is 16.6. The highest BCUT2D eigenvalue weighted by atomic mass is 16.7. The first kappa shape index (κ1) is 19.7. The van der Waals surface area contributed by atoms with E-state index in [9.17, 15) is 4.79 Å². The molecule has 6 rings (SSSR count). The van der Waals surface area contributed by atoms with E-state index in [4.69, 9.17) is 9.47 Å². The van der Waals surface area contributed by atoms with Crippen molar-refractivity contribution in [3.63, 3.8) is 0 Å². The molecular weight excluding hydrogens is 414 g/mol. The molecule has 1 atom stereocenters. The topological polar surface area (TPSA) is 66.6 Å². The SMILES string of the molecule is O=C(NCCc1ccccc1)N1CCc2c([nH]c3ccccc23)[C@H]1c1ccc2c(c1)OCO2. The number of aromatic amines is 1. The number of carbonyl (C=O) groups excluding carboxylic acids is 1. The number of nitrogens with one attached hydrogen (secondary N) is 2. The summed E-state index contributed by atoms with van der Waals surface area (Å²) in [5, 5.41) is 4.36. The van der Waals surface area contributed by atoms with E-state index >= 15 is 0 Å². The van der Waals surface area contributed by atoms with Crippen molar-refractivity contribution in [2.45, 2.75) is 18.9 Å². The number of para-hydroxylation sites is 1. The fourth-order valence-corrected chi connectivity index (χ4v) is 4.95. The van der Waals surface area contributed by atoms with Crippen LogP contribution < -0.4 is 14.8 Å². The zero-order valence-corrected chi connectivity index (χ0v) is 18.2. The van der Waals surface area contributed by atoms with Crippen molar-refractivity contribution >= 4 is 16.9 Å². The van der Waals surface area contributed by atoms with Gasteiger partial charge in [0, 0.05) is 29.7 Å². The van der Waals surface area contributed by atoms with Crippen molar-refractivity contribution in [2.75, 3.05) is 19.9 Å². The van der Waals surface area contributed by atoms with Gasteiger partial charge in [-0.25, -0.2) is 4.79 Å². The Morgan fingerprint density at radius 2 is 1.82 bits per heavy atom. The van der Waals surface area contributed by atoms with Gasteiger partial charge in [-0.1, -0.05) is 54.6 Å². The molecule has 6 nitrogen and oxygen atoms in total. The van der Waals surface area contributed by atoms with Crippen molar-refractivity contribution < 1.29 is 14.3 Å². The summed E-state index contributed by atoms with van der Waals surface area (Å²) < 4.78 is 11.1. The van der Waals surface area contributed by atoms with Crippen LogP contribution in [0.2, 0.25) is 0 Å². The van der Waals surface area contributed by atoms with Crippen LogP contribution in [0.25, 0.3) is 10.9 Å². The molecule has 4 aromatic rings. The quantitative estimate of drug-likeness (QED) is 0.480. The van der Waals surface area contributed by atoms with Crippen molar-refractivity contribution in [3.8, 4) is 11.5 Å². The monoisotopic (exact) mass is 439 g/mol. The van der Waals surface area contributed by atoms with Gasteiger partial charge in [0.2, 0.25) is 6.79 Å². The molecule has 3 heterocycles. The Hall–Kier alpha value is -3.93. The molecule has 0 spiro atoms. The molecule has 0 fully saturated rings. The predicted octanol–water partition coefficient (Wildman–Crippen LogP) is 4.80. The van der Waals surface area contributed by atoms with Crippen LogP contribution >= 0.6 is 0 Å². The predicted molar refractivity (Wildman–Crippen MR) is 127 cm³/mol. The standard InChI is InChI=1S/C27H25N3O3/c31-27(28-14-12-18-6-2-1-3-7-18)30-15-13-21-20-8-4-5-9-22(20)29-25(21)26(30)19-10-11-23-24(16-19)33-17-32-23/h1-11,16,26,29H,12-15,17H2,(H,28,31)/t26-/m1/s1. The number of H-pyrrole nitrogens is 1. The Labute approximate surface area is 192 Å². The second-order valence-electron chi connectivity index (χ2n) is 8.49. The second kappa shape index (κ2) is 8.20. The number of carbonyl (C=O) groups is 1. The van der Waals surface area contributed by atoms with E-state index in [0.29, 0.717) is 13.1 Å². The maximum absolute atomic E-state index is 13.4. The van der Waals surface area contributed by atoms with Crippen molar-refractivity contribution in [2.24, 2.45) is 0 Å². The van der Waals surface area contributed by atoms with Crippen LogP contribution in [-0.2, 0) is 12.8 Å². The average Bonchev–Trinajstić information content (AvgIpc) is 3.48. The summed E-state index contributed by atoms with van der Waals surface area (Å²) in [4.78, 5) is 18.9.